The molecular weight excluding hydrogens is 320 g/mol. The van der Waals surface area contributed by atoms with Crippen LogP contribution >= 0.6 is 0 Å². The molecule has 5 rings (SSSR count). The molecule has 4 heterocycles. The number of hydrogen-bond donors (Lipinski definition) is 1. The van der Waals surface area contributed by atoms with Crippen LogP contribution in [0, 0.1) is 0 Å². The average Bonchev–Trinajstić information content (AvgIpc) is 3.05. The number of fused-ring (bicyclic) bond motifs is 4. The third-order valence-corrected chi connectivity index (χ3v) is 5.11. The lowest BCUT2D eigenvalue weighted by atomic mass is 9.78. The van der Waals surface area contributed by atoms with Crippen LogP contribution < -0.4 is 10.5 Å². The zero-order valence-corrected chi connectivity index (χ0v) is 13.6. The van der Waals surface area contributed by atoms with Gasteiger partial charge in [-0.3, -0.25) is 0 Å². The smallest absolute Gasteiger partial charge is 0.283 e. The summed E-state index contributed by atoms with van der Waals surface area (Å²) in [5, 5.41) is 0. The van der Waals surface area contributed by atoms with E-state index in [0.717, 1.165) is 35.3 Å². The summed E-state index contributed by atoms with van der Waals surface area (Å²) in [7, 11) is 0. The minimum absolute atomic E-state index is 0.0367. The molecule has 2 N–H and O–H groups in total. The molecule has 0 saturated carbocycles. The van der Waals surface area contributed by atoms with E-state index in [2.05, 4.69) is 21.0 Å². The number of ether oxygens (including phenoxy) is 3. The van der Waals surface area contributed by atoms with Crippen molar-refractivity contribution >= 4 is 6.02 Å². The molecule has 3 aliphatic rings. The second kappa shape index (κ2) is 5.42. The first-order valence-corrected chi connectivity index (χ1v) is 8.42. The summed E-state index contributed by atoms with van der Waals surface area (Å²) in [4.78, 5) is 12.9. The van der Waals surface area contributed by atoms with Gasteiger partial charge >= 0.3 is 0 Å². The summed E-state index contributed by atoms with van der Waals surface area (Å²) in [6.07, 6.45) is 6.77. The standard InChI is InChI=1S/C18H18N4O3/c19-17-22-18(9-24-17)13-6-11(12-7-20-10-21-8-12)3-4-14(13)25-15-2-1-5-23-16(15)18/h3-4,6-8,10,15-16H,1-2,5,9H2,(H2,19,22). The summed E-state index contributed by atoms with van der Waals surface area (Å²) in [5.74, 6) is 0.814. The fraction of sp³-hybridized carbons (Fsp3) is 0.389. The van der Waals surface area contributed by atoms with Gasteiger partial charge in [0.1, 0.15) is 30.9 Å². The van der Waals surface area contributed by atoms with E-state index < -0.39 is 5.54 Å². The first kappa shape index (κ1) is 14.7. The Bertz CT molecular complexity index is 841. The lowest BCUT2D eigenvalue weighted by Crippen LogP contribution is -2.55. The number of nitrogens with zero attached hydrogens (tertiary/aromatic N) is 3. The molecule has 0 amide bonds. The van der Waals surface area contributed by atoms with Crippen LogP contribution in [0.2, 0.25) is 0 Å². The van der Waals surface area contributed by atoms with Gasteiger partial charge in [-0.2, -0.15) is 0 Å². The molecular formula is C18H18N4O3. The molecule has 2 aromatic rings. The molecule has 3 unspecified atom stereocenters. The Kier molecular flexibility index (Phi) is 3.18. The minimum atomic E-state index is -0.658. The van der Waals surface area contributed by atoms with Crippen LogP contribution in [0.1, 0.15) is 18.4 Å². The maximum Gasteiger partial charge on any atom is 0.283 e. The van der Waals surface area contributed by atoms with Crippen molar-refractivity contribution in [3.05, 3.63) is 42.5 Å². The highest BCUT2D eigenvalue weighted by molar-refractivity contribution is 5.75. The van der Waals surface area contributed by atoms with Gasteiger partial charge in [-0.15, -0.1) is 0 Å². The molecule has 0 radical (unpaired) electrons. The van der Waals surface area contributed by atoms with Gasteiger partial charge in [-0.25, -0.2) is 15.0 Å². The summed E-state index contributed by atoms with van der Waals surface area (Å²) < 4.78 is 17.9. The summed E-state index contributed by atoms with van der Waals surface area (Å²) >= 11 is 0. The van der Waals surface area contributed by atoms with Gasteiger partial charge in [0, 0.05) is 30.1 Å². The van der Waals surface area contributed by atoms with Gasteiger partial charge in [-0.05, 0) is 30.5 Å². The minimum Gasteiger partial charge on any atom is -0.487 e. The van der Waals surface area contributed by atoms with Gasteiger partial charge < -0.3 is 19.9 Å². The van der Waals surface area contributed by atoms with Crippen LogP contribution in [0.4, 0.5) is 0 Å². The Morgan fingerprint density at radius 2 is 2.04 bits per heavy atom. The maximum absolute atomic E-state index is 6.23. The molecule has 25 heavy (non-hydrogen) atoms. The van der Waals surface area contributed by atoms with Crippen molar-refractivity contribution in [2.45, 2.75) is 30.6 Å². The van der Waals surface area contributed by atoms with Crippen LogP contribution in [0.25, 0.3) is 11.1 Å². The fourth-order valence-corrected chi connectivity index (χ4v) is 3.96. The monoisotopic (exact) mass is 338 g/mol. The molecule has 1 fully saturated rings. The highest BCUT2D eigenvalue weighted by atomic mass is 16.6. The molecule has 128 valence electrons. The Morgan fingerprint density at radius 1 is 1.16 bits per heavy atom. The highest BCUT2D eigenvalue weighted by Crippen LogP contribution is 2.48. The average molecular weight is 338 g/mol. The lowest BCUT2D eigenvalue weighted by molar-refractivity contribution is -0.117. The molecule has 0 aliphatic carbocycles. The molecule has 1 saturated heterocycles. The molecule has 0 bridgehead atoms. The van der Waals surface area contributed by atoms with Gasteiger partial charge in [0.15, 0.2) is 5.54 Å². The third-order valence-electron chi connectivity index (χ3n) is 5.11. The van der Waals surface area contributed by atoms with Crippen molar-refractivity contribution in [2.24, 2.45) is 10.7 Å². The topological polar surface area (TPSA) is 91.9 Å². The number of nitrogens with two attached hydrogens (primary N) is 1. The van der Waals surface area contributed by atoms with Gasteiger partial charge in [-0.1, -0.05) is 6.07 Å². The van der Waals surface area contributed by atoms with E-state index in [1.807, 2.05) is 12.1 Å². The van der Waals surface area contributed by atoms with E-state index in [4.69, 9.17) is 19.9 Å². The van der Waals surface area contributed by atoms with Crippen LogP contribution in [-0.2, 0) is 15.0 Å². The number of aromatic nitrogens is 2. The van der Waals surface area contributed by atoms with Crippen LogP contribution in [0.3, 0.4) is 0 Å². The largest absolute Gasteiger partial charge is 0.487 e. The number of aliphatic imine (C=N–C) groups is 1. The van der Waals surface area contributed by atoms with Crippen molar-refractivity contribution < 1.29 is 14.2 Å². The van der Waals surface area contributed by atoms with E-state index in [1.54, 1.807) is 12.4 Å². The normalized spacial score (nSPS) is 30.0. The van der Waals surface area contributed by atoms with Crippen molar-refractivity contribution in [3.8, 4) is 16.9 Å². The van der Waals surface area contributed by atoms with E-state index >= 15 is 0 Å². The Balaban J connectivity index is 1.68. The Hall–Kier alpha value is -2.67. The molecule has 1 aromatic carbocycles. The lowest BCUT2D eigenvalue weighted by Gasteiger charge is -2.45. The van der Waals surface area contributed by atoms with Crippen molar-refractivity contribution in [2.75, 3.05) is 13.2 Å². The first-order chi connectivity index (χ1) is 12.3. The third kappa shape index (κ3) is 2.19. The van der Waals surface area contributed by atoms with E-state index in [9.17, 15) is 0 Å². The molecule has 1 aromatic heterocycles. The van der Waals surface area contributed by atoms with Crippen molar-refractivity contribution in [1.82, 2.24) is 9.97 Å². The zero-order chi connectivity index (χ0) is 16.9. The zero-order valence-electron chi connectivity index (χ0n) is 13.6. The summed E-state index contributed by atoms with van der Waals surface area (Å²) in [5.41, 5.74) is 8.09. The molecule has 3 aliphatic heterocycles. The fourth-order valence-electron chi connectivity index (χ4n) is 3.96. The summed E-state index contributed by atoms with van der Waals surface area (Å²) in [6.45, 7) is 1.06. The first-order valence-electron chi connectivity index (χ1n) is 8.42. The molecule has 7 nitrogen and oxygen atoms in total. The van der Waals surface area contributed by atoms with Crippen molar-refractivity contribution in [3.63, 3.8) is 0 Å². The molecule has 3 atom stereocenters. The molecule has 1 spiro atoms. The number of benzene rings is 1. The Morgan fingerprint density at radius 3 is 2.84 bits per heavy atom. The summed E-state index contributed by atoms with van der Waals surface area (Å²) in [6, 6.07) is 6.26. The van der Waals surface area contributed by atoms with Gasteiger partial charge in [0.05, 0.1) is 0 Å². The highest BCUT2D eigenvalue weighted by Gasteiger charge is 2.55. The second-order valence-corrected chi connectivity index (χ2v) is 6.59. The van der Waals surface area contributed by atoms with Gasteiger partial charge in [0.2, 0.25) is 0 Å². The number of rotatable bonds is 1. The predicted octanol–water partition coefficient (Wildman–Crippen LogP) is 1.62. The number of hydrogen-bond acceptors (Lipinski definition) is 7. The van der Waals surface area contributed by atoms with Crippen LogP contribution in [0.5, 0.6) is 5.75 Å². The van der Waals surface area contributed by atoms with Crippen molar-refractivity contribution in [1.29, 1.82) is 0 Å². The quantitative estimate of drug-likeness (QED) is 0.849. The predicted molar refractivity (Wildman–Crippen MR) is 90.1 cm³/mol. The SMILES string of the molecule is NC1=NC2(CO1)c1cc(-c3cncnc3)ccc1OC1CCCOC12. The van der Waals surface area contributed by atoms with Gasteiger partial charge in [0.25, 0.3) is 6.02 Å². The number of amidine groups is 1. The second-order valence-electron chi connectivity index (χ2n) is 6.59. The van der Waals surface area contributed by atoms with Crippen LogP contribution in [-0.4, -0.2) is 41.4 Å². The van der Waals surface area contributed by atoms with E-state index in [-0.39, 0.29) is 18.2 Å². The Labute approximate surface area is 144 Å². The maximum atomic E-state index is 6.23. The molecule has 7 heteroatoms. The van der Waals surface area contributed by atoms with E-state index in [0.29, 0.717) is 13.2 Å². The van der Waals surface area contributed by atoms with Crippen LogP contribution in [0.15, 0.2) is 41.9 Å². The van der Waals surface area contributed by atoms with E-state index in [1.165, 1.54) is 6.33 Å².